The summed E-state index contributed by atoms with van der Waals surface area (Å²) in [5, 5.41) is 24.1. The number of aliphatic hydroxyl groups excluding tert-OH is 1. The van der Waals surface area contributed by atoms with Gasteiger partial charge < -0.3 is 14.7 Å². The van der Waals surface area contributed by atoms with Crippen molar-refractivity contribution in [2.75, 3.05) is 6.54 Å². The second-order valence-corrected chi connectivity index (χ2v) is 6.43. The van der Waals surface area contributed by atoms with Gasteiger partial charge in [-0.05, 0) is 36.8 Å². The van der Waals surface area contributed by atoms with Crippen LogP contribution in [0.25, 0.3) is 11.4 Å². The van der Waals surface area contributed by atoms with Gasteiger partial charge in [0.05, 0.1) is 12.1 Å². The molecule has 0 spiro atoms. The minimum atomic E-state index is -0.507. The second kappa shape index (κ2) is 6.86. The molecule has 134 valence electrons. The number of phenols is 1. The molecule has 0 bridgehead atoms. The third-order valence-electron chi connectivity index (χ3n) is 4.58. The standard InChI is InChI=1S/C19H18FN3O3/c20-14-7-5-12(6-8-14)18-21-19(26-22-18)16-9-15(24)11-23(16)10-13-3-1-2-4-17(13)25/h1-8,15-16,24-25H,9-11H2/t15-,16+/m1/s1. The molecule has 2 atom stereocenters. The number of rotatable bonds is 4. The molecule has 2 heterocycles. The van der Waals surface area contributed by atoms with E-state index in [0.717, 1.165) is 5.56 Å². The lowest BCUT2D eigenvalue weighted by atomic mass is 10.1. The van der Waals surface area contributed by atoms with Crippen molar-refractivity contribution in [1.82, 2.24) is 15.0 Å². The monoisotopic (exact) mass is 355 g/mol. The summed E-state index contributed by atoms with van der Waals surface area (Å²) in [7, 11) is 0. The Morgan fingerprint density at radius 1 is 1.15 bits per heavy atom. The number of para-hydroxylation sites is 1. The number of hydrogen-bond donors (Lipinski definition) is 2. The second-order valence-electron chi connectivity index (χ2n) is 6.43. The number of hydrogen-bond acceptors (Lipinski definition) is 6. The van der Waals surface area contributed by atoms with E-state index in [4.69, 9.17) is 4.52 Å². The largest absolute Gasteiger partial charge is 0.508 e. The molecule has 4 rings (SSSR count). The van der Waals surface area contributed by atoms with Crippen LogP contribution in [-0.2, 0) is 6.54 Å². The lowest BCUT2D eigenvalue weighted by Crippen LogP contribution is -2.24. The molecule has 1 aromatic heterocycles. The van der Waals surface area contributed by atoms with Crippen LogP contribution in [0.2, 0.25) is 0 Å². The van der Waals surface area contributed by atoms with E-state index in [-0.39, 0.29) is 17.6 Å². The molecule has 1 fully saturated rings. The lowest BCUT2D eigenvalue weighted by Gasteiger charge is -2.21. The highest BCUT2D eigenvalue weighted by molar-refractivity contribution is 5.53. The number of benzene rings is 2. The van der Waals surface area contributed by atoms with Crippen molar-refractivity contribution in [1.29, 1.82) is 0 Å². The zero-order valence-electron chi connectivity index (χ0n) is 13.9. The van der Waals surface area contributed by atoms with E-state index >= 15 is 0 Å². The maximum atomic E-state index is 13.1. The molecule has 0 unspecified atom stereocenters. The highest BCUT2D eigenvalue weighted by Gasteiger charge is 2.36. The van der Waals surface area contributed by atoms with Gasteiger partial charge in [0.15, 0.2) is 0 Å². The predicted molar refractivity (Wildman–Crippen MR) is 91.6 cm³/mol. The minimum absolute atomic E-state index is 0.213. The van der Waals surface area contributed by atoms with Gasteiger partial charge in [-0.2, -0.15) is 4.98 Å². The Kier molecular flexibility index (Phi) is 4.40. The first-order chi connectivity index (χ1) is 12.6. The topological polar surface area (TPSA) is 82.6 Å². The van der Waals surface area contributed by atoms with Crippen LogP contribution < -0.4 is 0 Å². The fourth-order valence-electron chi connectivity index (χ4n) is 3.26. The quantitative estimate of drug-likeness (QED) is 0.749. The van der Waals surface area contributed by atoms with Gasteiger partial charge in [0, 0.05) is 24.2 Å². The van der Waals surface area contributed by atoms with Crippen molar-refractivity contribution in [3.8, 4) is 17.1 Å². The molecular weight excluding hydrogens is 337 g/mol. The molecular formula is C19H18FN3O3. The van der Waals surface area contributed by atoms with Crippen molar-refractivity contribution >= 4 is 0 Å². The lowest BCUT2D eigenvalue weighted by molar-refractivity contribution is 0.168. The van der Waals surface area contributed by atoms with Gasteiger partial charge in [-0.3, -0.25) is 4.90 Å². The van der Waals surface area contributed by atoms with E-state index in [1.807, 2.05) is 17.0 Å². The summed E-state index contributed by atoms with van der Waals surface area (Å²) in [4.78, 5) is 6.43. The Morgan fingerprint density at radius 3 is 2.69 bits per heavy atom. The number of aromatic hydroxyl groups is 1. The van der Waals surface area contributed by atoms with Crippen molar-refractivity contribution in [3.05, 3.63) is 65.8 Å². The third kappa shape index (κ3) is 3.31. The van der Waals surface area contributed by atoms with Gasteiger partial charge in [0.25, 0.3) is 0 Å². The van der Waals surface area contributed by atoms with Gasteiger partial charge in [0.2, 0.25) is 11.7 Å². The van der Waals surface area contributed by atoms with E-state index in [1.54, 1.807) is 24.3 Å². The van der Waals surface area contributed by atoms with E-state index in [1.165, 1.54) is 12.1 Å². The number of aromatic nitrogens is 2. The maximum absolute atomic E-state index is 13.1. The summed E-state index contributed by atoms with van der Waals surface area (Å²) < 4.78 is 18.5. The first-order valence-electron chi connectivity index (χ1n) is 8.38. The number of nitrogens with zero attached hydrogens (tertiary/aromatic N) is 3. The molecule has 2 aromatic carbocycles. The molecule has 0 saturated carbocycles. The van der Waals surface area contributed by atoms with Crippen molar-refractivity contribution < 1.29 is 19.1 Å². The predicted octanol–water partition coefficient (Wildman–Crippen LogP) is 2.89. The Bertz CT molecular complexity index is 897. The van der Waals surface area contributed by atoms with Crippen LogP contribution in [-0.4, -0.2) is 37.9 Å². The highest BCUT2D eigenvalue weighted by Crippen LogP contribution is 2.34. The molecule has 0 amide bonds. The normalized spacial score (nSPS) is 20.5. The maximum Gasteiger partial charge on any atom is 0.244 e. The number of likely N-dealkylation sites (tertiary alicyclic amines) is 1. The number of halogens is 1. The highest BCUT2D eigenvalue weighted by atomic mass is 19.1. The fourth-order valence-corrected chi connectivity index (χ4v) is 3.26. The van der Waals surface area contributed by atoms with Crippen LogP contribution in [0.5, 0.6) is 5.75 Å². The summed E-state index contributed by atoms with van der Waals surface area (Å²) in [5.74, 6) is 0.663. The molecule has 7 heteroatoms. The third-order valence-corrected chi connectivity index (χ3v) is 4.58. The zero-order valence-corrected chi connectivity index (χ0v) is 13.9. The minimum Gasteiger partial charge on any atom is -0.508 e. The molecule has 26 heavy (non-hydrogen) atoms. The fraction of sp³-hybridized carbons (Fsp3) is 0.263. The molecule has 0 radical (unpaired) electrons. The Labute approximate surface area is 149 Å². The van der Waals surface area contributed by atoms with Crippen LogP contribution >= 0.6 is 0 Å². The zero-order chi connectivity index (χ0) is 18.1. The summed E-state index contributed by atoms with van der Waals surface area (Å²) >= 11 is 0. The molecule has 1 aliphatic heterocycles. The number of phenolic OH excluding ortho intramolecular Hbond substituents is 1. The van der Waals surface area contributed by atoms with Crippen LogP contribution in [0.4, 0.5) is 4.39 Å². The van der Waals surface area contributed by atoms with Gasteiger partial charge in [-0.1, -0.05) is 23.4 Å². The van der Waals surface area contributed by atoms with E-state index in [0.29, 0.717) is 36.8 Å². The van der Waals surface area contributed by atoms with Crippen LogP contribution in [0.3, 0.4) is 0 Å². The van der Waals surface area contributed by atoms with Gasteiger partial charge >= 0.3 is 0 Å². The SMILES string of the molecule is Oc1ccccc1CN1C[C@H](O)C[C@H]1c1nc(-c2ccc(F)cc2)no1. The first kappa shape index (κ1) is 16.7. The molecule has 3 aromatic rings. The smallest absolute Gasteiger partial charge is 0.244 e. The van der Waals surface area contributed by atoms with Crippen molar-refractivity contribution in [3.63, 3.8) is 0 Å². The van der Waals surface area contributed by atoms with E-state index in [2.05, 4.69) is 10.1 Å². The van der Waals surface area contributed by atoms with Crippen LogP contribution in [0.1, 0.15) is 23.9 Å². The first-order valence-corrected chi connectivity index (χ1v) is 8.38. The number of aliphatic hydroxyl groups is 1. The summed E-state index contributed by atoms with van der Waals surface area (Å²) in [5.41, 5.74) is 1.43. The van der Waals surface area contributed by atoms with Gasteiger partial charge in [-0.15, -0.1) is 0 Å². The average molecular weight is 355 g/mol. The summed E-state index contributed by atoms with van der Waals surface area (Å²) in [6.45, 7) is 0.913. The summed E-state index contributed by atoms with van der Waals surface area (Å²) in [6.07, 6.45) is -0.0365. The Hall–Kier alpha value is -2.77. The molecule has 2 N–H and O–H groups in total. The van der Waals surface area contributed by atoms with E-state index in [9.17, 15) is 14.6 Å². The Balaban J connectivity index is 1.57. The average Bonchev–Trinajstić information content (AvgIpc) is 3.24. The van der Waals surface area contributed by atoms with Crippen molar-refractivity contribution in [2.24, 2.45) is 0 Å². The molecule has 6 nitrogen and oxygen atoms in total. The van der Waals surface area contributed by atoms with E-state index < -0.39 is 6.10 Å². The summed E-state index contributed by atoms with van der Waals surface area (Å²) in [6, 6.07) is 12.7. The molecule has 1 aliphatic rings. The molecule has 0 aliphatic carbocycles. The van der Waals surface area contributed by atoms with Gasteiger partial charge in [-0.25, -0.2) is 4.39 Å². The number of β-amino-alcohol motifs (C(OH)–C–C–N with tert-alkyl or cyclic N) is 1. The van der Waals surface area contributed by atoms with Crippen molar-refractivity contribution in [2.45, 2.75) is 25.1 Å². The van der Waals surface area contributed by atoms with Crippen LogP contribution in [0.15, 0.2) is 53.1 Å². The molecule has 1 saturated heterocycles. The van der Waals surface area contributed by atoms with Gasteiger partial charge in [0.1, 0.15) is 11.6 Å². The Morgan fingerprint density at radius 2 is 1.92 bits per heavy atom. The van der Waals surface area contributed by atoms with Crippen LogP contribution in [0, 0.1) is 5.82 Å².